The van der Waals surface area contributed by atoms with Crippen LogP contribution in [0.1, 0.15) is 61.0 Å². The number of hydrogen-bond donors (Lipinski definition) is 0. The van der Waals surface area contributed by atoms with E-state index in [1.54, 1.807) is 11.1 Å². The van der Waals surface area contributed by atoms with Gasteiger partial charge < -0.3 is 14.2 Å². The zero-order valence-corrected chi connectivity index (χ0v) is 21.0. The van der Waals surface area contributed by atoms with Gasteiger partial charge in [0.1, 0.15) is 17.4 Å². The normalized spacial score (nSPS) is 25.5. The van der Waals surface area contributed by atoms with Gasteiger partial charge in [-0.05, 0) is 45.6 Å². The number of carbonyl (C=O) groups is 2. The van der Waals surface area contributed by atoms with Crippen LogP contribution >= 0.6 is 0 Å². The minimum absolute atomic E-state index is 0.211. The van der Waals surface area contributed by atoms with Crippen LogP contribution in [0.25, 0.3) is 0 Å². The Morgan fingerprint density at radius 3 is 2.39 bits per heavy atom. The van der Waals surface area contributed by atoms with Crippen LogP contribution in [-0.2, 0) is 25.6 Å². The van der Waals surface area contributed by atoms with Crippen LogP contribution in [0.3, 0.4) is 0 Å². The van der Waals surface area contributed by atoms with Crippen molar-refractivity contribution in [3.63, 3.8) is 0 Å². The molecule has 2 saturated heterocycles. The van der Waals surface area contributed by atoms with Crippen LogP contribution in [-0.4, -0.2) is 64.2 Å². The Kier molecular flexibility index (Phi) is 6.92. The van der Waals surface area contributed by atoms with Crippen LogP contribution in [0.15, 0.2) is 35.4 Å². The molecule has 3 atom stereocenters. The van der Waals surface area contributed by atoms with E-state index >= 15 is 0 Å². The minimum Gasteiger partial charge on any atom is -0.444 e. The first-order valence-electron chi connectivity index (χ1n) is 11.4. The Balaban J connectivity index is 1.88. The van der Waals surface area contributed by atoms with Crippen molar-refractivity contribution >= 4 is 18.2 Å². The lowest BCUT2D eigenvalue weighted by molar-refractivity contribution is -0.182. The third-order valence-corrected chi connectivity index (χ3v) is 5.41. The molecule has 8 nitrogen and oxygen atoms in total. The first kappa shape index (κ1) is 25.2. The molecule has 182 valence electrons. The number of benzene rings is 1. The van der Waals surface area contributed by atoms with Crippen molar-refractivity contribution < 1.29 is 23.8 Å². The molecule has 1 aromatic rings. The summed E-state index contributed by atoms with van der Waals surface area (Å²) in [6, 6.07) is 8.72. The standard InChI is InChI=1S/C25H37N3O5/c1-23(2,3)16-26-28-19(20(21(28)29)31-14-17-12-10-9-11-13-17)18-15-32-25(7,8)27(18)22(30)33-24(4,5)6/h9-13,16,18-20H,14-15H2,1-8H3/b26-16+/t18-,19+,20-/m0/s1. The van der Waals surface area contributed by atoms with Gasteiger partial charge in [-0.25, -0.2) is 9.80 Å². The Morgan fingerprint density at radius 2 is 1.82 bits per heavy atom. The number of amides is 2. The Morgan fingerprint density at radius 1 is 1.18 bits per heavy atom. The number of β-lactam (4-membered cyclic amide) rings is 1. The molecular weight excluding hydrogens is 422 g/mol. The molecule has 2 heterocycles. The molecule has 2 fully saturated rings. The maximum absolute atomic E-state index is 13.2. The predicted octanol–water partition coefficient (Wildman–Crippen LogP) is 4.19. The van der Waals surface area contributed by atoms with Crippen LogP contribution in [0.5, 0.6) is 0 Å². The Labute approximate surface area is 196 Å². The quantitative estimate of drug-likeness (QED) is 0.487. The molecule has 0 N–H and O–H groups in total. The summed E-state index contributed by atoms with van der Waals surface area (Å²) in [4.78, 5) is 27.8. The average molecular weight is 460 g/mol. The van der Waals surface area contributed by atoms with Crippen molar-refractivity contribution in [2.45, 2.75) is 91.5 Å². The summed E-state index contributed by atoms with van der Waals surface area (Å²) in [5, 5.41) is 5.90. The van der Waals surface area contributed by atoms with Gasteiger partial charge in [0.2, 0.25) is 0 Å². The number of rotatable bonds is 5. The largest absolute Gasteiger partial charge is 0.444 e. The van der Waals surface area contributed by atoms with Crippen LogP contribution in [0, 0.1) is 5.41 Å². The third kappa shape index (κ3) is 5.92. The number of carbonyl (C=O) groups excluding carboxylic acids is 2. The summed E-state index contributed by atoms with van der Waals surface area (Å²) in [6.07, 6.45) is 0.509. The molecule has 2 aliphatic rings. The average Bonchev–Trinajstić information content (AvgIpc) is 2.98. The van der Waals surface area contributed by atoms with Crippen molar-refractivity contribution in [1.82, 2.24) is 9.91 Å². The van der Waals surface area contributed by atoms with Gasteiger partial charge in [-0.2, -0.15) is 5.10 Å². The second-order valence-electron chi connectivity index (χ2n) is 11.2. The van der Waals surface area contributed by atoms with Crippen molar-refractivity contribution in [2.24, 2.45) is 10.5 Å². The molecule has 0 aromatic heterocycles. The molecule has 0 radical (unpaired) electrons. The van der Waals surface area contributed by atoms with Crippen molar-refractivity contribution in [3.05, 3.63) is 35.9 Å². The number of hydrazone groups is 1. The Bertz CT molecular complexity index is 886. The molecule has 1 aromatic carbocycles. The van der Waals surface area contributed by atoms with Gasteiger partial charge in [-0.1, -0.05) is 51.1 Å². The zero-order chi connectivity index (χ0) is 24.6. The maximum Gasteiger partial charge on any atom is 0.412 e. The summed E-state index contributed by atoms with van der Waals surface area (Å²) in [5.41, 5.74) is -0.803. The summed E-state index contributed by atoms with van der Waals surface area (Å²) < 4.78 is 17.7. The molecule has 0 unspecified atom stereocenters. The summed E-state index contributed by atoms with van der Waals surface area (Å²) in [6.45, 7) is 15.7. The molecule has 0 spiro atoms. The van der Waals surface area contributed by atoms with E-state index in [-0.39, 0.29) is 24.5 Å². The molecular formula is C25H37N3O5. The topological polar surface area (TPSA) is 80.7 Å². The minimum atomic E-state index is -0.894. The van der Waals surface area contributed by atoms with Gasteiger partial charge in [0.25, 0.3) is 5.91 Å². The van der Waals surface area contributed by atoms with E-state index in [4.69, 9.17) is 14.2 Å². The lowest BCUT2D eigenvalue weighted by atomic mass is 9.91. The molecule has 33 heavy (non-hydrogen) atoms. The van der Waals surface area contributed by atoms with Crippen molar-refractivity contribution in [3.8, 4) is 0 Å². The molecule has 8 heteroatoms. The second kappa shape index (κ2) is 9.06. The highest BCUT2D eigenvalue weighted by molar-refractivity contribution is 5.89. The van der Waals surface area contributed by atoms with Crippen LogP contribution < -0.4 is 0 Å². The fourth-order valence-electron chi connectivity index (χ4n) is 3.88. The van der Waals surface area contributed by atoms with Crippen LogP contribution in [0.2, 0.25) is 0 Å². The van der Waals surface area contributed by atoms with E-state index in [0.717, 1.165) is 5.56 Å². The summed E-state index contributed by atoms with van der Waals surface area (Å²) >= 11 is 0. The van der Waals surface area contributed by atoms with E-state index in [9.17, 15) is 9.59 Å². The third-order valence-electron chi connectivity index (χ3n) is 5.41. The van der Waals surface area contributed by atoms with Crippen LogP contribution in [0.4, 0.5) is 4.79 Å². The van der Waals surface area contributed by atoms with Crippen molar-refractivity contribution in [2.75, 3.05) is 6.61 Å². The van der Waals surface area contributed by atoms with Gasteiger partial charge in [0.05, 0.1) is 19.3 Å². The fraction of sp³-hybridized carbons (Fsp3) is 0.640. The van der Waals surface area contributed by atoms with Gasteiger partial charge in [-0.3, -0.25) is 9.69 Å². The first-order chi connectivity index (χ1) is 15.2. The second-order valence-corrected chi connectivity index (χ2v) is 11.2. The van der Waals surface area contributed by atoms with E-state index in [0.29, 0.717) is 0 Å². The van der Waals surface area contributed by atoms with Crippen molar-refractivity contribution in [1.29, 1.82) is 0 Å². The lowest BCUT2D eigenvalue weighted by Gasteiger charge is -2.48. The smallest absolute Gasteiger partial charge is 0.412 e. The molecule has 3 rings (SSSR count). The van der Waals surface area contributed by atoms with E-state index < -0.39 is 35.6 Å². The van der Waals surface area contributed by atoms with Gasteiger partial charge in [0, 0.05) is 6.21 Å². The zero-order valence-electron chi connectivity index (χ0n) is 21.0. The van der Waals surface area contributed by atoms with Gasteiger partial charge in [-0.15, -0.1) is 0 Å². The lowest BCUT2D eigenvalue weighted by Crippen LogP contribution is -2.71. The number of nitrogens with zero attached hydrogens (tertiary/aromatic N) is 3. The van der Waals surface area contributed by atoms with E-state index in [2.05, 4.69) is 5.10 Å². The SMILES string of the molecule is CC(C)(C)/C=N/N1C(=O)[C@@H](OCc2ccccc2)[C@H]1[C@@H]1COC(C)(C)N1C(=O)OC(C)(C)C. The highest BCUT2D eigenvalue weighted by atomic mass is 16.6. The molecule has 0 aliphatic carbocycles. The summed E-state index contributed by atoms with van der Waals surface area (Å²) in [5.74, 6) is -0.231. The van der Waals surface area contributed by atoms with E-state index in [1.165, 1.54) is 5.01 Å². The molecule has 0 bridgehead atoms. The summed E-state index contributed by atoms with van der Waals surface area (Å²) in [7, 11) is 0. The first-order valence-corrected chi connectivity index (χ1v) is 11.4. The number of hydrogen-bond acceptors (Lipinski definition) is 6. The molecule has 2 amide bonds. The van der Waals surface area contributed by atoms with E-state index in [1.807, 2.05) is 85.7 Å². The predicted molar refractivity (Wildman–Crippen MR) is 125 cm³/mol. The number of ether oxygens (including phenoxy) is 3. The van der Waals surface area contributed by atoms with Gasteiger partial charge >= 0.3 is 6.09 Å². The highest BCUT2D eigenvalue weighted by Gasteiger charge is 2.60. The monoisotopic (exact) mass is 459 g/mol. The fourth-order valence-corrected chi connectivity index (χ4v) is 3.88. The molecule has 0 saturated carbocycles. The molecule has 2 aliphatic heterocycles. The maximum atomic E-state index is 13.2. The Hall–Kier alpha value is -2.45. The highest BCUT2D eigenvalue weighted by Crippen LogP contribution is 2.38. The van der Waals surface area contributed by atoms with Gasteiger partial charge in [0.15, 0.2) is 6.10 Å².